The van der Waals surface area contributed by atoms with E-state index in [9.17, 15) is 5.11 Å². The summed E-state index contributed by atoms with van der Waals surface area (Å²) in [7, 11) is 3.00. The molecule has 0 spiro atoms. The lowest BCUT2D eigenvalue weighted by molar-refractivity contribution is 0.327. The van der Waals surface area contributed by atoms with Gasteiger partial charge in [0.25, 0.3) is 0 Å². The van der Waals surface area contributed by atoms with Crippen molar-refractivity contribution < 1.29 is 14.6 Å². The van der Waals surface area contributed by atoms with Gasteiger partial charge in [-0.25, -0.2) is 0 Å². The first-order chi connectivity index (χ1) is 6.91. The third-order valence-electron chi connectivity index (χ3n) is 2.21. The van der Waals surface area contributed by atoms with Gasteiger partial charge in [-0.1, -0.05) is 0 Å². The van der Waals surface area contributed by atoms with Crippen LogP contribution in [0.15, 0.2) is 12.1 Å². The molecule has 4 heteroatoms. The van der Waals surface area contributed by atoms with Crippen LogP contribution in [0.25, 0.3) is 0 Å². The predicted octanol–water partition coefficient (Wildman–Crippen LogP) is 1.60. The fraction of sp³-hybridized carbons (Fsp3) is 0.455. The van der Waals surface area contributed by atoms with Gasteiger partial charge in [-0.2, -0.15) is 0 Å². The van der Waals surface area contributed by atoms with Crippen LogP contribution >= 0.6 is 0 Å². The van der Waals surface area contributed by atoms with Gasteiger partial charge in [0.15, 0.2) is 11.5 Å². The lowest BCUT2D eigenvalue weighted by atomic mass is 9.94. The van der Waals surface area contributed by atoms with E-state index in [0.29, 0.717) is 17.1 Å². The van der Waals surface area contributed by atoms with E-state index in [0.717, 1.165) is 0 Å². The molecule has 0 aliphatic rings. The molecule has 0 amide bonds. The molecule has 0 saturated carbocycles. The zero-order valence-corrected chi connectivity index (χ0v) is 9.50. The average Bonchev–Trinajstić information content (AvgIpc) is 2.15. The van der Waals surface area contributed by atoms with E-state index in [1.54, 1.807) is 12.1 Å². The molecule has 0 bridgehead atoms. The summed E-state index contributed by atoms with van der Waals surface area (Å²) >= 11 is 0. The maximum Gasteiger partial charge on any atom is 0.203 e. The van der Waals surface area contributed by atoms with Gasteiger partial charge in [-0.05, 0) is 26.0 Å². The molecular weight excluding hydrogens is 194 g/mol. The molecule has 4 nitrogen and oxygen atoms in total. The Morgan fingerprint density at radius 3 is 2.20 bits per heavy atom. The van der Waals surface area contributed by atoms with Crippen LogP contribution in [0.3, 0.4) is 0 Å². The molecule has 0 aliphatic carbocycles. The van der Waals surface area contributed by atoms with E-state index < -0.39 is 5.54 Å². The van der Waals surface area contributed by atoms with Crippen molar-refractivity contribution in [3.8, 4) is 17.2 Å². The molecule has 0 saturated heterocycles. The molecule has 0 aliphatic heterocycles. The van der Waals surface area contributed by atoms with E-state index in [1.807, 2.05) is 13.8 Å². The topological polar surface area (TPSA) is 64.7 Å². The van der Waals surface area contributed by atoms with Crippen molar-refractivity contribution in [1.29, 1.82) is 0 Å². The summed E-state index contributed by atoms with van der Waals surface area (Å²) in [6, 6.07) is 3.46. The maximum atomic E-state index is 9.95. The second-order valence-corrected chi connectivity index (χ2v) is 3.92. The van der Waals surface area contributed by atoms with Crippen molar-refractivity contribution >= 4 is 0 Å². The van der Waals surface area contributed by atoms with Gasteiger partial charge in [0.05, 0.1) is 14.2 Å². The third-order valence-corrected chi connectivity index (χ3v) is 2.21. The first-order valence-electron chi connectivity index (χ1n) is 4.65. The van der Waals surface area contributed by atoms with Gasteiger partial charge < -0.3 is 20.3 Å². The normalized spacial score (nSPS) is 11.3. The predicted molar refractivity (Wildman–Crippen MR) is 58.4 cm³/mol. The summed E-state index contributed by atoms with van der Waals surface area (Å²) in [6.07, 6.45) is 0. The van der Waals surface area contributed by atoms with Crippen LogP contribution in [0, 0.1) is 0 Å². The number of methoxy groups -OCH3 is 2. The molecule has 0 aromatic heterocycles. The Morgan fingerprint density at radius 1 is 1.20 bits per heavy atom. The minimum Gasteiger partial charge on any atom is -0.504 e. The Morgan fingerprint density at radius 2 is 1.80 bits per heavy atom. The number of nitrogens with two attached hydrogens (primary N) is 1. The van der Waals surface area contributed by atoms with Crippen LogP contribution in [0.4, 0.5) is 0 Å². The third kappa shape index (κ3) is 2.15. The van der Waals surface area contributed by atoms with Gasteiger partial charge in [0, 0.05) is 11.1 Å². The standard InChI is InChI=1S/C11H17NO3/c1-11(2,12)7-5-6-8(14-3)10(15-4)9(7)13/h5-6,13H,12H2,1-4H3. The summed E-state index contributed by atoms with van der Waals surface area (Å²) in [5, 5.41) is 9.95. The number of phenolic OH excluding ortho intramolecular Hbond substituents is 1. The van der Waals surface area contributed by atoms with E-state index >= 15 is 0 Å². The molecule has 0 radical (unpaired) electrons. The minimum absolute atomic E-state index is 0.0318. The van der Waals surface area contributed by atoms with E-state index in [1.165, 1.54) is 14.2 Å². The number of aromatic hydroxyl groups is 1. The van der Waals surface area contributed by atoms with Gasteiger partial charge in [0.2, 0.25) is 5.75 Å². The number of phenols is 1. The van der Waals surface area contributed by atoms with Gasteiger partial charge >= 0.3 is 0 Å². The number of ether oxygens (including phenoxy) is 2. The number of hydrogen-bond donors (Lipinski definition) is 2. The first-order valence-corrected chi connectivity index (χ1v) is 4.65. The van der Waals surface area contributed by atoms with Crippen LogP contribution in [0.1, 0.15) is 19.4 Å². The molecule has 0 atom stereocenters. The molecular formula is C11H17NO3. The maximum absolute atomic E-state index is 9.95. The smallest absolute Gasteiger partial charge is 0.203 e. The van der Waals surface area contributed by atoms with Crippen molar-refractivity contribution in [1.82, 2.24) is 0 Å². The molecule has 1 rings (SSSR count). The molecule has 0 fully saturated rings. The monoisotopic (exact) mass is 211 g/mol. The molecule has 0 heterocycles. The summed E-state index contributed by atoms with van der Waals surface area (Å²) < 4.78 is 10.1. The van der Waals surface area contributed by atoms with E-state index in [4.69, 9.17) is 15.2 Å². The minimum atomic E-state index is -0.621. The molecule has 15 heavy (non-hydrogen) atoms. The fourth-order valence-electron chi connectivity index (χ4n) is 1.43. The molecule has 1 aromatic carbocycles. The number of hydrogen-bond acceptors (Lipinski definition) is 4. The molecule has 3 N–H and O–H groups in total. The second-order valence-electron chi connectivity index (χ2n) is 3.92. The fourth-order valence-corrected chi connectivity index (χ4v) is 1.43. The number of rotatable bonds is 3. The largest absolute Gasteiger partial charge is 0.504 e. The zero-order chi connectivity index (χ0) is 11.6. The SMILES string of the molecule is COc1ccc(C(C)(C)N)c(O)c1OC. The van der Waals surface area contributed by atoms with E-state index in [-0.39, 0.29) is 5.75 Å². The van der Waals surface area contributed by atoms with Crippen molar-refractivity contribution in [3.63, 3.8) is 0 Å². The van der Waals surface area contributed by atoms with Gasteiger partial charge in [-0.3, -0.25) is 0 Å². The highest BCUT2D eigenvalue weighted by Crippen LogP contribution is 2.41. The highest BCUT2D eigenvalue weighted by molar-refractivity contribution is 5.56. The summed E-state index contributed by atoms with van der Waals surface area (Å²) in [5.41, 5.74) is 5.92. The Kier molecular flexibility index (Phi) is 3.09. The van der Waals surface area contributed by atoms with Crippen LogP contribution in [-0.2, 0) is 5.54 Å². The highest BCUT2D eigenvalue weighted by Gasteiger charge is 2.23. The Bertz CT molecular complexity index is 356. The van der Waals surface area contributed by atoms with E-state index in [2.05, 4.69) is 0 Å². The second kappa shape index (κ2) is 3.98. The van der Waals surface area contributed by atoms with Crippen molar-refractivity contribution in [2.45, 2.75) is 19.4 Å². The molecule has 1 aromatic rings. The molecule has 0 unspecified atom stereocenters. The molecule has 84 valence electrons. The number of benzene rings is 1. The lowest BCUT2D eigenvalue weighted by Crippen LogP contribution is -2.28. The summed E-state index contributed by atoms with van der Waals surface area (Å²) in [4.78, 5) is 0. The summed E-state index contributed by atoms with van der Waals surface area (Å²) in [5.74, 6) is 0.834. The van der Waals surface area contributed by atoms with Crippen LogP contribution in [-0.4, -0.2) is 19.3 Å². The Balaban J connectivity index is 3.36. The van der Waals surface area contributed by atoms with Crippen LogP contribution in [0.5, 0.6) is 17.2 Å². The van der Waals surface area contributed by atoms with Crippen LogP contribution in [0.2, 0.25) is 0 Å². The van der Waals surface area contributed by atoms with Gasteiger partial charge in [-0.15, -0.1) is 0 Å². The van der Waals surface area contributed by atoms with Crippen molar-refractivity contribution in [2.75, 3.05) is 14.2 Å². The lowest BCUT2D eigenvalue weighted by Gasteiger charge is -2.22. The first kappa shape index (κ1) is 11.7. The quantitative estimate of drug-likeness (QED) is 0.797. The summed E-state index contributed by atoms with van der Waals surface area (Å²) in [6.45, 7) is 3.63. The van der Waals surface area contributed by atoms with Crippen molar-refractivity contribution in [3.05, 3.63) is 17.7 Å². The highest BCUT2D eigenvalue weighted by atomic mass is 16.5. The Labute approximate surface area is 89.6 Å². The Hall–Kier alpha value is -1.42. The van der Waals surface area contributed by atoms with Crippen molar-refractivity contribution in [2.24, 2.45) is 5.73 Å². The average molecular weight is 211 g/mol. The zero-order valence-electron chi connectivity index (χ0n) is 9.50. The van der Waals surface area contributed by atoms with Crippen LogP contribution < -0.4 is 15.2 Å². The van der Waals surface area contributed by atoms with Gasteiger partial charge in [0.1, 0.15) is 0 Å².